The van der Waals surface area contributed by atoms with Gasteiger partial charge in [-0.3, -0.25) is 9.59 Å². The normalized spacial score (nSPS) is 13.4. The number of nitrogens with zero attached hydrogens (tertiary/aromatic N) is 3. The van der Waals surface area contributed by atoms with Crippen molar-refractivity contribution in [2.24, 2.45) is 0 Å². The van der Waals surface area contributed by atoms with Crippen molar-refractivity contribution in [1.82, 2.24) is 20.4 Å². The van der Waals surface area contributed by atoms with Crippen LogP contribution in [-0.2, 0) is 13.1 Å². The second-order valence-corrected chi connectivity index (χ2v) is 9.38. The zero-order valence-electron chi connectivity index (χ0n) is 20.1. The van der Waals surface area contributed by atoms with E-state index in [1.807, 2.05) is 45.0 Å². The first kappa shape index (κ1) is 22.8. The molecule has 180 valence electrons. The Labute approximate surface area is 203 Å². The van der Waals surface area contributed by atoms with Crippen LogP contribution in [-0.4, -0.2) is 32.9 Å². The first-order chi connectivity index (χ1) is 16.9. The highest BCUT2D eigenvalue weighted by molar-refractivity contribution is 6.06. The minimum Gasteiger partial charge on any atom is -0.467 e. The molecule has 1 saturated carbocycles. The molecule has 5 rings (SSSR count). The summed E-state index contributed by atoms with van der Waals surface area (Å²) in [6.45, 7) is 6.48. The molecule has 3 aromatic heterocycles. The SMILES string of the molecule is Cc1noc2nc(C(C)C)cc(C(=O)N(Cc3ccc(C(=O)NC4CC4)cc3)Cc3ccco3)c12. The third-order valence-electron chi connectivity index (χ3n) is 6.17. The van der Waals surface area contributed by atoms with Gasteiger partial charge in [0.1, 0.15) is 5.76 Å². The Morgan fingerprint density at radius 1 is 1.14 bits per heavy atom. The fourth-order valence-electron chi connectivity index (χ4n) is 4.02. The number of nitrogens with one attached hydrogen (secondary N) is 1. The minimum atomic E-state index is -0.169. The number of hydrogen-bond donors (Lipinski definition) is 1. The fourth-order valence-corrected chi connectivity index (χ4v) is 4.02. The zero-order chi connectivity index (χ0) is 24.5. The van der Waals surface area contributed by atoms with Crippen molar-refractivity contribution in [3.8, 4) is 0 Å². The molecule has 0 radical (unpaired) electrons. The van der Waals surface area contributed by atoms with Crippen LogP contribution in [0.25, 0.3) is 11.1 Å². The van der Waals surface area contributed by atoms with E-state index < -0.39 is 0 Å². The Balaban J connectivity index is 1.46. The van der Waals surface area contributed by atoms with Crippen molar-refractivity contribution >= 4 is 22.9 Å². The van der Waals surface area contributed by atoms with Crippen LogP contribution in [0.3, 0.4) is 0 Å². The number of benzene rings is 1. The van der Waals surface area contributed by atoms with Gasteiger partial charge in [-0.15, -0.1) is 0 Å². The van der Waals surface area contributed by atoms with Crippen molar-refractivity contribution < 1.29 is 18.5 Å². The van der Waals surface area contributed by atoms with Crippen molar-refractivity contribution in [2.75, 3.05) is 0 Å². The lowest BCUT2D eigenvalue weighted by Gasteiger charge is -2.23. The number of aromatic nitrogens is 2. The van der Waals surface area contributed by atoms with Crippen LogP contribution < -0.4 is 5.32 Å². The van der Waals surface area contributed by atoms with Crippen LogP contribution >= 0.6 is 0 Å². The second kappa shape index (κ2) is 9.37. The molecule has 3 heterocycles. The first-order valence-corrected chi connectivity index (χ1v) is 11.9. The molecule has 1 fully saturated rings. The highest BCUT2D eigenvalue weighted by atomic mass is 16.5. The second-order valence-electron chi connectivity index (χ2n) is 9.38. The maximum atomic E-state index is 13.9. The molecule has 1 aliphatic carbocycles. The average Bonchev–Trinajstić information content (AvgIpc) is 3.36. The van der Waals surface area contributed by atoms with Crippen molar-refractivity contribution in [3.05, 3.63) is 82.6 Å². The van der Waals surface area contributed by atoms with Crippen LogP contribution in [0, 0.1) is 6.92 Å². The predicted octanol–water partition coefficient (Wildman–Crippen LogP) is 4.98. The Morgan fingerprint density at radius 3 is 2.57 bits per heavy atom. The standard InChI is InChI=1S/C27H28N4O4/c1-16(2)23-13-22(24-17(3)30-35-26(24)29-23)27(33)31(15-21-5-4-12-34-21)14-18-6-8-19(9-7-18)25(32)28-20-10-11-20/h4-9,12-13,16,20H,10-11,14-15H2,1-3H3,(H,28,32). The lowest BCUT2D eigenvalue weighted by Crippen LogP contribution is -2.30. The van der Waals surface area contributed by atoms with Crippen LogP contribution in [0.4, 0.5) is 0 Å². The zero-order valence-corrected chi connectivity index (χ0v) is 20.1. The maximum Gasteiger partial charge on any atom is 0.259 e. The van der Waals surface area contributed by atoms with Gasteiger partial charge in [0, 0.05) is 23.8 Å². The largest absolute Gasteiger partial charge is 0.467 e. The monoisotopic (exact) mass is 472 g/mol. The number of carbonyl (C=O) groups excluding carboxylic acids is 2. The van der Waals surface area contributed by atoms with E-state index in [-0.39, 0.29) is 17.7 Å². The van der Waals surface area contributed by atoms with E-state index in [1.54, 1.807) is 29.4 Å². The fraction of sp³-hybridized carbons (Fsp3) is 0.333. The molecule has 4 aromatic rings. The van der Waals surface area contributed by atoms with Crippen LogP contribution in [0.5, 0.6) is 0 Å². The molecular weight excluding hydrogens is 444 g/mol. The molecule has 8 nitrogen and oxygen atoms in total. The van der Waals surface area contributed by atoms with Gasteiger partial charge >= 0.3 is 0 Å². The van der Waals surface area contributed by atoms with Gasteiger partial charge in [0.2, 0.25) is 0 Å². The highest BCUT2D eigenvalue weighted by Crippen LogP contribution is 2.27. The van der Waals surface area contributed by atoms with Gasteiger partial charge in [0.25, 0.3) is 17.5 Å². The van der Waals surface area contributed by atoms with Gasteiger partial charge in [-0.2, -0.15) is 0 Å². The molecule has 0 atom stereocenters. The van der Waals surface area contributed by atoms with Gasteiger partial charge in [-0.05, 0) is 61.6 Å². The summed E-state index contributed by atoms with van der Waals surface area (Å²) in [4.78, 5) is 32.6. The topological polar surface area (TPSA) is 101 Å². The van der Waals surface area contributed by atoms with E-state index in [1.165, 1.54) is 0 Å². The molecule has 1 N–H and O–H groups in total. The number of hydrogen-bond acceptors (Lipinski definition) is 6. The quantitative estimate of drug-likeness (QED) is 0.388. The lowest BCUT2D eigenvalue weighted by atomic mass is 10.0. The summed E-state index contributed by atoms with van der Waals surface area (Å²) in [6.07, 6.45) is 3.68. The first-order valence-electron chi connectivity index (χ1n) is 11.9. The summed E-state index contributed by atoms with van der Waals surface area (Å²) in [5.74, 6) is 0.558. The smallest absolute Gasteiger partial charge is 0.259 e. The van der Waals surface area contributed by atoms with E-state index in [0.29, 0.717) is 52.8 Å². The summed E-state index contributed by atoms with van der Waals surface area (Å²) in [5, 5.41) is 7.66. The van der Waals surface area contributed by atoms with E-state index in [0.717, 1.165) is 24.1 Å². The summed E-state index contributed by atoms with van der Waals surface area (Å²) in [5.41, 5.74) is 3.77. The number of amides is 2. The summed E-state index contributed by atoms with van der Waals surface area (Å²) < 4.78 is 11.0. The Bertz CT molecular complexity index is 1350. The maximum absolute atomic E-state index is 13.9. The number of carbonyl (C=O) groups is 2. The van der Waals surface area contributed by atoms with Crippen LogP contribution in [0.1, 0.15) is 76.0 Å². The average molecular weight is 473 g/mol. The molecule has 0 unspecified atom stereocenters. The highest BCUT2D eigenvalue weighted by Gasteiger charge is 2.26. The number of furan rings is 1. The summed E-state index contributed by atoms with van der Waals surface area (Å²) >= 11 is 0. The van der Waals surface area contributed by atoms with Crippen molar-refractivity contribution in [1.29, 1.82) is 0 Å². The molecule has 0 spiro atoms. The predicted molar refractivity (Wildman–Crippen MR) is 130 cm³/mol. The van der Waals surface area contributed by atoms with Gasteiger partial charge in [-0.25, -0.2) is 4.98 Å². The number of rotatable bonds is 8. The number of pyridine rings is 1. The Kier molecular flexibility index (Phi) is 6.11. The van der Waals surface area contributed by atoms with Gasteiger partial charge in [0.15, 0.2) is 0 Å². The molecular formula is C27H28N4O4. The molecule has 1 aliphatic rings. The van der Waals surface area contributed by atoms with E-state index in [4.69, 9.17) is 8.94 Å². The van der Waals surface area contributed by atoms with Crippen molar-refractivity contribution in [3.63, 3.8) is 0 Å². The summed E-state index contributed by atoms with van der Waals surface area (Å²) in [7, 11) is 0. The van der Waals surface area contributed by atoms with E-state index in [9.17, 15) is 9.59 Å². The molecule has 0 bridgehead atoms. The minimum absolute atomic E-state index is 0.0640. The van der Waals surface area contributed by atoms with Crippen LogP contribution in [0.2, 0.25) is 0 Å². The number of fused-ring (bicyclic) bond motifs is 1. The lowest BCUT2D eigenvalue weighted by molar-refractivity contribution is 0.0719. The van der Waals surface area contributed by atoms with Crippen LogP contribution in [0.15, 0.2) is 57.7 Å². The summed E-state index contributed by atoms with van der Waals surface area (Å²) in [6, 6.07) is 13.2. The molecule has 2 amide bonds. The van der Waals surface area contributed by atoms with E-state index >= 15 is 0 Å². The van der Waals surface area contributed by atoms with Gasteiger partial charge in [-0.1, -0.05) is 31.1 Å². The third-order valence-corrected chi connectivity index (χ3v) is 6.17. The molecule has 8 heteroatoms. The molecule has 0 saturated heterocycles. The molecule has 35 heavy (non-hydrogen) atoms. The Morgan fingerprint density at radius 2 is 1.91 bits per heavy atom. The third kappa shape index (κ3) is 4.96. The van der Waals surface area contributed by atoms with Gasteiger partial charge < -0.3 is 19.2 Å². The van der Waals surface area contributed by atoms with Crippen molar-refractivity contribution in [2.45, 2.75) is 58.7 Å². The molecule has 0 aliphatic heterocycles. The Hall–Kier alpha value is -3.94. The van der Waals surface area contributed by atoms with Gasteiger partial charge in [0.05, 0.1) is 29.5 Å². The number of aryl methyl sites for hydroxylation is 1. The molecule has 1 aromatic carbocycles. The van der Waals surface area contributed by atoms with E-state index in [2.05, 4.69) is 15.5 Å².